The molecule has 3 rings (SSSR count). The Morgan fingerprint density at radius 1 is 1.08 bits per heavy atom. The van der Waals surface area contributed by atoms with Crippen molar-refractivity contribution in [3.8, 4) is 0 Å². The maximum atomic E-state index is 12.4. The van der Waals surface area contributed by atoms with E-state index in [0.29, 0.717) is 5.92 Å². The summed E-state index contributed by atoms with van der Waals surface area (Å²) in [4.78, 5) is 15.0. The highest BCUT2D eigenvalue weighted by Crippen LogP contribution is 2.23. The molecule has 136 valence electrons. The largest absolute Gasteiger partial charge is 0.308 e. The highest BCUT2D eigenvalue weighted by molar-refractivity contribution is 5.78. The Bertz CT molecular complexity index is 728. The lowest BCUT2D eigenvalue weighted by Gasteiger charge is -2.33. The number of para-hydroxylation sites is 1. The summed E-state index contributed by atoms with van der Waals surface area (Å²) in [6.07, 6.45) is 6.80. The molecule has 0 spiro atoms. The number of fused-ring (bicyclic) bond motifs is 1. The van der Waals surface area contributed by atoms with Gasteiger partial charge in [0.1, 0.15) is 0 Å². The predicted molar refractivity (Wildman–Crippen MR) is 106 cm³/mol. The van der Waals surface area contributed by atoms with Gasteiger partial charge in [-0.2, -0.15) is 0 Å². The van der Waals surface area contributed by atoms with Gasteiger partial charge in [-0.15, -0.1) is 0 Å². The molecular weight excluding hydrogens is 308 g/mol. The molecule has 2 aromatic rings. The number of hydrogen-bond donors (Lipinski definition) is 0. The third kappa shape index (κ3) is 4.72. The van der Waals surface area contributed by atoms with Crippen molar-refractivity contribution < 1.29 is 0 Å². The smallest absolute Gasteiger partial charge is 0.251 e. The van der Waals surface area contributed by atoms with Crippen molar-refractivity contribution in [2.45, 2.75) is 52.5 Å². The molecule has 25 heavy (non-hydrogen) atoms. The maximum Gasteiger partial charge on any atom is 0.251 e. The third-order valence-corrected chi connectivity index (χ3v) is 5.64. The number of aromatic nitrogens is 1. The molecule has 0 N–H and O–H groups in total. The van der Waals surface area contributed by atoms with E-state index in [4.69, 9.17) is 0 Å². The van der Waals surface area contributed by atoms with E-state index in [9.17, 15) is 4.79 Å². The first-order valence-electron chi connectivity index (χ1n) is 9.98. The van der Waals surface area contributed by atoms with Crippen molar-refractivity contribution in [3.63, 3.8) is 0 Å². The Morgan fingerprint density at radius 2 is 1.84 bits per heavy atom. The van der Waals surface area contributed by atoms with Crippen LogP contribution in [0.1, 0.15) is 46.0 Å². The van der Waals surface area contributed by atoms with Gasteiger partial charge in [-0.1, -0.05) is 51.3 Å². The lowest BCUT2D eigenvalue weighted by Crippen LogP contribution is -2.38. The molecule has 0 radical (unpaired) electrons. The van der Waals surface area contributed by atoms with Crippen LogP contribution in [-0.2, 0) is 6.54 Å². The van der Waals surface area contributed by atoms with Crippen LogP contribution in [0.2, 0.25) is 0 Å². The number of hydrogen-bond acceptors (Lipinski definition) is 2. The Balaban J connectivity index is 1.58. The van der Waals surface area contributed by atoms with E-state index in [-0.39, 0.29) is 5.56 Å². The molecular formula is C22H32N2O. The van der Waals surface area contributed by atoms with Crippen molar-refractivity contribution in [1.29, 1.82) is 0 Å². The van der Waals surface area contributed by atoms with Gasteiger partial charge in [0, 0.05) is 19.2 Å². The lowest BCUT2D eigenvalue weighted by atomic mass is 9.91. The highest BCUT2D eigenvalue weighted by Gasteiger charge is 2.20. The van der Waals surface area contributed by atoms with Crippen LogP contribution in [0.25, 0.3) is 10.9 Å². The van der Waals surface area contributed by atoms with Gasteiger partial charge in [0.15, 0.2) is 0 Å². The summed E-state index contributed by atoms with van der Waals surface area (Å²) in [5.41, 5.74) is 1.17. The van der Waals surface area contributed by atoms with Crippen LogP contribution in [-0.4, -0.2) is 29.1 Å². The first kappa shape index (κ1) is 18.2. The zero-order valence-electron chi connectivity index (χ0n) is 15.8. The topological polar surface area (TPSA) is 25.2 Å². The van der Waals surface area contributed by atoms with Gasteiger partial charge in [0.25, 0.3) is 5.56 Å². The second-order valence-electron chi connectivity index (χ2n) is 7.83. The summed E-state index contributed by atoms with van der Waals surface area (Å²) < 4.78 is 1.95. The molecule has 0 bridgehead atoms. The lowest BCUT2D eigenvalue weighted by molar-refractivity contribution is 0.154. The molecule has 1 aromatic carbocycles. The molecule has 1 fully saturated rings. The van der Waals surface area contributed by atoms with Crippen LogP contribution in [0, 0.1) is 11.8 Å². The predicted octanol–water partition coefficient (Wildman–Crippen LogP) is 4.54. The van der Waals surface area contributed by atoms with Crippen LogP contribution in [0.4, 0.5) is 0 Å². The zero-order valence-corrected chi connectivity index (χ0v) is 15.8. The van der Waals surface area contributed by atoms with E-state index < -0.39 is 0 Å². The van der Waals surface area contributed by atoms with Crippen molar-refractivity contribution in [1.82, 2.24) is 9.47 Å². The van der Waals surface area contributed by atoms with Crippen molar-refractivity contribution in [3.05, 3.63) is 46.8 Å². The summed E-state index contributed by atoms with van der Waals surface area (Å²) in [7, 11) is 0. The van der Waals surface area contributed by atoms with Gasteiger partial charge in [-0.25, -0.2) is 0 Å². The summed E-state index contributed by atoms with van der Waals surface area (Å²) in [6, 6.07) is 11.8. The first-order valence-corrected chi connectivity index (χ1v) is 9.98. The van der Waals surface area contributed by atoms with Crippen molar-refractivity contribution in [2.75, 3.05) is 19.6 Å². The quantitative estimate of drug-likeness (QED) is 0.739. The molecule has 1 aliphatic heterocycles. The van der Waals surface area contributed by atoms with Crippen LogP contribution in [0.3, 0.4) is 0 Å². The summed E-state index contributed by atoms with van der Waals surface area (Å²) in [5.74, 6) is 1.42. The van der Waals surface area contributed by atoms with E-state index >= 15 is 0 Å². The molecule has 1 atom stereocenters. The fourth-order valence-electron chi connectivity index (χ4n) is 4.19. The number of unbranched alkanes of at least 4 members (excludes halogenated alkanes) is 1. The molecule has 3 nitrogen and oxygen atoms in total. The van der Waals surface area contributed by atoms with Gasteiger partial charge < -0.3 is 9.47 Å². The normalized spacial score (nSPS) is 17.8. The molecule has 1 aromatic heterocycles. The Morgan fingerprint density at radius 3 is 2.60 bits per heavy atom. The van der Waals surface area contributed by atoms with E-state index in [0.717, 1.165) is 29.9 Å². The van der Waals surface area contributed by atoms with Gasteiger partial charge in [-0.05, 0) is 55.3 Å². The monoisotopic (exact) mass is 340 g/mol. The number of likely N-dealkylation sites (tertiary alicyclic amines) is 1. The minimum Gasteiger partial charge on any atom is -0.308 e. The number of pyridine rings is 1. The first-order chi connectivity index (χ1) is 12.2. The van der Waals surface area contributed by atoms with Gasteiger partial charge in [-0.3, -0.25) is 4.79 Å². The Kier molecular flexibility index (Phi) is 6.30. The van der Waals surface area contributed by atoms with E-state index in [1.54, 1.807) is 6.07 Å². The number of benzene rings is 1. The maximum absolute atomic E-state index is 12.4. The van der Waals surface area contributed by atoms with Crippen LogP contribution < -0.4 is 5.56 Å². The summed E-state index contributed by atoms with van der Waals surface area (Å²) >= 11 is 0. The number of piperidine rings is 1. The second kappa shape index (κ2) is 8.66. The molecule has 3 heteroatoms. The SMILES string of the molecule is CCCCC1CCN(C[C@@H](C)Cn2c(=O)ccc3ccccc32)CC1. The summed E-state index contributed by atoms with van der Waals surface area (Å²) in [5, 5.41) is 1.14. The summed E-state index contributed by atoms with van der Waals surface area (Å²) in [6.45, 7) is 8.90. The van der Waals surface area contributed by atoms with Crippen LogP contribution in [0.15, 0.2) is 41.2 Å². The van der Waals surface area contributed by atoms with Crippen LogP contribution >= 0.6 is 0 Å². The molecule has 0 aliphatic carbocycles. The average molecular weight is 341 g/mol. The second-order valence-corrected chi connectivity index (χ2v) is 7.83. The van der Waals surface area contributed by atoms with E-state index in [1.165, 1.54) is 45.2 Å². The zero-order chi connectivity index (χ0) is 17.6. The number of rotatable bonds is 7. The molecule has 0 saturated carbocycles. The van der Waals surface area contributed by atoms with E-state index in [1.807, 2.05) is 22.8 Å². The van der Waals surface area contributed by atoms with Crippen molar-refractivity contribution >= 4 is 10.9 Å². The molecule has 0 amide bonds. The molecule has 2 heterocycles. The van der Waals surface area contributed by atoms with Crippen LogP contribution in [0.5, 0.6) is 0 Å². The average Bonchev–Trinajstić information content (AvgIpc) is 2.63. The minimum absolute atomic E-state index is 0.115. The van der Waals surface area contributed by atoms with Crippen molar-refractivity contribution in [2.24, 2.45) is 11.8 Å². The third-order valence-electron chi connectivity index (χ3n) is 5.64. The molecule has 1 aliphatic rings. The fourth-order valence-corrected chi connectivity index (χ4v) is 4.19. The van der Waals surface area contributed by atoms with Gasteiger partial charge in [0.2, 0.25) is 0 Å². The Labute approximate surface area is 151 Å². The fraction of sp³-hybridized carbons (Fsp3) is 0.591. The Hall–Kier alpha value is -1.61. The molecule has 1 saturated heterocycles. The standard InChI is InChI=1S/C22H32N2O/c1-3-4-7-19-12-14-23(15-13-19)16-18(2)17-24-21-9-6-5-8-20(21)10-11-22(24)25/h5-6,8-11,18-19H,3-4,7,12-17H2,1-2H3/t18-/m1/s1. The van der Waals surface area contributed by atoms with E-state index in [2.05, 4.69) is 30.9 Å². The van der Waals surface area contributed by atoms with Gasteiger partial charge >= 0.3 is 0 Å². The highest BCUT2D eigenvalue weighted by atomic mass is 16.1. The number of nitrogens with zero attached hydrogens (tertiary/aromatic N) is 2. The molecule has 0 unspecified atom stereocenters. The minimum atomic E-state index is 0.115. The van der Waals surface area contributed by atoms with Gasteiger partial charge in [0.05, 0.1) is 5.52 Å².